The molecule has 21 heavy (non-hydrogen) atoms. The van der Waals surface area contributed by atoms with Crippen molar-refractivity contribution < 1.29 is 4.79 Å². The smallest absolute Gasteiger partial charge is 0.238 e. The van der Waals surface area contributed by atoms with Gasteiger partial charge in [0.25, 0.3) is 0 Å². The Morgan fingerprint density at radius 2 is 2.24 bits per heavy atom. The van der Waals surface area contributed by atoms with E-state index in [0.29, 0.717) is 18.3 Å². The van der Waals surface area contributed by atoms with Crippen molar-refractivity contribution in [1.29, 1.82) is 0 Å². The van der Waals surface area contributed by atoms with Crippen LogP contribution in [0.15, 0.2) is 22.7 Å². The predicted octanol–water partition coefficient (Wildman–Crippen LogP) is 2.00. The Balaban J connectivity index is 1.90. The Kier molecular flexibility index (Phi) is 5.61. The van der Waals surface area contributed by atoms with E-state index in [1.54, 1.807) is 12.1 Å². The fraction of sp³-hybridized carbons (Fsp3) is 0.533. The highest BCUT2D eigenvalue weighted by Crippen LogP contribution is 2.24. The van der Waals surface area contributed by atoms with E-state index in [4.69, 9.17) is 5.73 Å². The third-order valence-corrected chi connectivity index (χ3v) is 4.62. The number of nitrogens with one attached hydrogen (secondary N) is 1. The zero-order valence-corrected chi connectivity index (χ0v) is 14.2. The highest BCUT2D eigenvalue weighted by molar-refractivity contribution is 9.10. The Morgan fingerprint density at radius 3 is 2.90 bits per heavy atom. The molecule has 1 aromatic rings. The number of nitrogen functional groups attached to an aromatic ring is 1. The minimum absolute atomic E-state index is 0.0138. The molecule has 1 aromatic carbocycles. The van der Waals surface area contributed by atoms with Crippen LogP contribution >= 0.6 is 15.9 Å². The molecule has 1 saturated heterocycles. The van der Waals surface area contributed by atoms with Gasteiger partial charge in [-0.15, -0.1) is 0 Å². The molecular weight excluding hydrogens is 332 g/mol. The van der Waals surface area contributed by atoms with Crippen LogP contribution in [0, 0.1) is 0 Å². The summed E-state index contributed by atoms with van der Waals surface area (Å²) >= 11 is 3.41. The summed E-state index contributed by atoms with van der Waals surface area (Å²) in [6.45, 7) is 5.52. The number of anilines is 2. The van der Waals surface area contributed by atoms with Gasteiger partial charge in [0, 0.05) is 35.8 Å². The maximum absolute atomic E-state index is 12.2. The van der Waals surface area contributed by atoms with Crippen LogP contribution in [-0.4, -0.2) is 55.0 Å². The van der Waals surface area contributed by atoms with E-state index in [-0.39, 0.29) is 5.91 Å². The number of carbonyl (C=O) groups is 1. The molecule has 0 aliphatic carbocycles. The largest absolute Gasteiger partial charge is 0.399 e. The van der Waals surface area contributed by atoms with E-state index in [1.165, 1.54) is 0 Å². The maximum Gasteiger partial charge on any atom is 0.238 e. The average Bonchev–Trinajstić information content (AvgIpc) is 2.44. The third-order valence-electron chi connectivity index (χ3n) is 3.97. The fourth-order valence-electron chi connectivity index (χ4n) is 2.62. The quantitative estimate of drug-likeness (QED) is 0.811. The molecule has 1 heterocycles. The van der Waals surface area contributed by atoms with Crippen molar-refractivity contribution in [2.45, 2.75) is 19.4 Å². The molecule has 5 nitrogen and oxygen atoms in total. The SMILES string of the molecule is CCC1CN(CC(=O)Nc2ccc(N)cc2Br)CCN1C. The first-order valence-corrected chi connectivity index (χ1v) is 8.06. The van der Waals surface area contributed by atoms with E-state index in [2.05, 4.69) is 45.0 Å². The van der Waals surface area contributed by atoms with Crippen molar-refractivity contribution in [3.05, 3.63) is 22.7 Å². The van der Waals surface area contributed by atoms with Crippen LogP contribution in [0.5, 0.6) is 0 Å². The standard InChI is InChI=1S/C15H23BrN4O/c1-3-12-9-20(7-6-19(12)2)10-15(21)18-14-5-4-11(17)8-13(14)16/h4-5,8,12H,3,6-7,9-10,17H2,1-2H3,(H,18,21). The normalized spacial score (nSPS) is 20.4. The van der Waals surface area contributed by atoms with Crippen LogP contribution in [-0.2, 0) is 4.79 Å². The number of carbonyl (C=O) groups excluding carboxylic acids is 1. The molecule has 0 radical (unpaired) electrons. The lowest BCUT2D eigenvalue weighted by atomic mass is 10.1. The number of piperazine rings is 1. The molecule has 0 aromatic heterocycles. The predicted molar refractivity (Wildman–Crippen MR) is 90.3 cm³/mol. The van der Waals surface area contributed by atoms with Gasteiger partial charge >= 0.3 is 0 Å². The summed E-state index contributed by atoms with van der Waals surface area (Å²) in [5, 5.41) is 2.93. The molecule has 1 aliphatic rings. The van der Waals surface area contributed by atoms with E-state index in [9.17, 15) is 4.79 Å². The Hall–Kier alpha value is -1.11. The van der Waals surface area contributed by atoms with Gasteiger partial charge in [0.15, 0.2) is 0 Å². The number of halogens is 1. The van der Waals surface area contributed by atoms with Gasteiger partial charge in [-0.2, -0.15) is 0 Å². The van der Waals surface area contributed by atoms with Gasteiger partial charge in [0.1, 0.15) is 0 Å². The summed E-state index contributed by atoms with van der Waals surface area (Å²) in [5.74, 6) is 0.0138. The van der Waals surface area contributed by atoms with Crippen molar-refractivity contribution in [3.63, 3.8) is 0 Å². The second-order valence-corrected chi connectivity index (χ2v) is 6.42. The van der Waals surface area contributed by atoms with E-state index in [1.807, 2.05) is 6.07 Å². The van der Waals surface area contributed by atoms with Gasteiger partial charge in [-0.05, 0) is 47.6 Å². The molecule has 116 valence electrons. The number of hydrogen-bond acceptors (Lipinski definition) is 4. The molecule has 0 spiro atoms. The van der Waals surface area contributed by atoms with Gasteiger partial charge in [-0.3, -0.25) is 9.69 Å². The second-order valence-electron chi connectivity index (χ2n) is 5.57. The number of benzene rings is 1. The molecule has 0 bridgehead atoms. The summed E-state index contributed by atoms with van der Waals surface area (Å²) in [7, 11) is 2.15. The first-order valence-electron chi connectivity index (χ1n) is 7.27. The lowest BCUT2D eigenvalue weighted by Gasteiger charge is -2.38. The highest BCUT2D eigenvalue weighted by atomic mass is 79.9. The van der Waals surface area contributed by atoms with Crippen LogP contribution in [0.4, 0.5) is 11.4 Å². The summed E-state index contributed by atoms with van der Waals surface area (Å²) in [6.07, 6.45) is 1.11. The van der Waals surface area contributed by atoms with Gasteiger partial charge in [-0.1, -0.05) is 6.92 Å². The van der Waals surface area contributed by atoms with Crippen LogP contribution in [0.3, 0.4) is 0 Å². The van der Waals surface area contributed by atoms with Crippen molar-refractivity contribution in [2.75, 3.05) is 44.3 Å². The fourth-order valence-corrected chi connectivity index (χ4v) is 3.12. The molecule has 1 amide bonds. The number of nitrogens with two attached hydrogens (primary N) is 1. The first-order chi connectivity index (χ1) is 9.99. The van der Waals surface area contributed by atoms with Crippen LogP contribution < -0.4 is 11.1 Å². The molecule has 2 rings (SSSR count). The van der Waals surface area contributed by atoms with Gasteiger partial charge in [0.05, 0.1) is 12.2 Å². The van der Waals surface area contributed by atoms with Crippen LogP contribution in [0.2, 0.25) is 0 Å². The Bertz CT molecular complexity index is 508. The van der Waals surface area contributed by atoms with Crippen LogP contribution in [0.1, 0.15) is 13.3 Å². The highest BCUT2D eigenvalue weighted by Gasteiger charge is 2.24. The topological polar surface area (TPSA) is 61.6 Å². The Labute approximate surface area is 134 Å². The maximum atomic E-state index is 12.2. The molecular formula is C15H23BrN4O. The van der Waals surface area contributed by atoms with E-state index >= 15 is 0 Å². The van der Waals surface area contributed by atoms with Crippen molar-refractivity contribution >= 4 is 33.2 Å². The minimum atomic E-state index is 0.0138. The molecule has 1 fully saturated rings. The zero-order valence-electron chi connectivity index (χ0n) is 12.6. The zero-order chi connectivity index (χ0) is 15.4. The summed E-state index contributed by atoms with van der Waals surface area (Å²) in [6, 6.07) is 5.92. The van der Waals surface area contributed by atoms with Gasteiger partial charge in [0.2, 0.25) is 5.91 Å². The monoisotopic (exact) mass is 354 g/mol. The molecule has 0 saturated carbocycles. The summed E-state index contributed by atoms with van der Waals surface area (Å²) < 4.78 is 0.806. The number of likely N-dealkylation sites (N-methyl/N-ethyl adjacent to an activating group) is 1. The van der Waals surface area contributed by atoms with Crippen molar-refractivity contribution in [2.24, 2.45) is 0 Å². The number of amides is 1. The lowest BCUT2D eigenvalue weighted by molar-refractivity contribution is -0.118. The van der Waals surface area contributed by atoms with E-state index in [0.717, 1.165) is 36.2 Å². The third kappa shape index (κ3) is 4.43. The summed E-state index contributed by atoms with van der Waals surface area (Å²) in [5.41, 5.74) is 7.13. The molecule has 1 aliphatic heterocycles. The lowest BCUT2D eigenvalue weighted by Crippen LogP contribution is -2.52. The molecule has 6 heteroatoms. The molecule has 3 N–H and O–H groups in total. The second kappa shape index (κ2) is 7.24. The van der Waals surface area contributed by atoms with Crippen LogP contribution in [0.25, 0.3) is 0 Å². The summed E-state index contributed by atoms with van der Waals surface area (Å²) in [4.78, 5) is 16.8. The molecule has 1 atom stereocenters. The molecule has 1 unspecified atom stereocenters. The number of rotatable bonds is 4. The van der Waals surface area contributed by atoms with Gasteiger partial charge in [-0.25, -0.2) is 0 Å². The van der Waals surface area contributed by atoms with Crippen molar-refractivity contribution in [1.82, 2.24) is 9.80 Å². The minimum Gasteiger partial charge on any atom is -0.399 e. The van der Waals surface area contributed by atoms with E-state index < -0.39 is 0 Å². The van der Waals surface area contributed by atoms with Crippen molar-refractivity contribution in [3.8, 4) is 0 Å². The van der Waals surface area contributed by atoms with Gasteiger partial charge < -0.3 is 16.0 Å². The first kappa shape index (κ1) is 16.3. The number of hydrogen-bond donors (Lipinski definition) is 2. The number of nitrogens with zero attached hydrogens (tertiary/aromatic N) is 2. The average molecular weight is 355 g/mol. The Morgan fingerprint density at radius 1 is 1.48 bits per heavy atom.